The highest BCUT2D eigenvalue weighted by molar-refractivity contribution is 7.16. The highest BCUT2D eigenvalue weighted by Crippen LogP contribution is 2.44. The number of rotatable bonds is 3. The third kappa shape index (κ3) is 3.34. The van der Waals surface area contributed by atoms with Gasteiger partial charge in [0.15, 0.2) is 0 Å². The molecule has 0 spiro atoms. The molecule has 1 aromatic rings. The third-order valence-electron chi connectivity index (χ3n) is 5.16. The van der Waals surface area contributed by atoms with Gasteiger partial charge in [-0.25, -0.2) is 0 Å². The van der Waals surface area contributed by atoms with Crippen molar-refractivity contribution in [1.29, 1.82) is 0 Å². The molecule has 0 radical (unpaired) electrons. The number of aliphatic hydroxyl groups excluding tert-OH is 1. The first-order valence-corrected chi connectivity index (χ1v) is 8.84. The zero-order chi connectivity index (χ0) is 13.2. The highest BCUT2D eigenvalue weighted by atomic mass is 35.5. The van der Waals surface area contributed by atoms with Crippen molar-refractivity contribution in [1.82, 2.24) is 0 Å². The van der Waals surface area contributed by atoms with Gasteiger partial charge in [0.05, 0.1) is 10.4 Å². The Bertz CT molecular complexity index is 417. The second-order valence-electron chi connectivity index (χ2n) is 6.36. The molecule has 2 saturated carbocycles. The van der Waals surface area contributed by atoms with Gasteiger partial charge in [0.25, 0.3) is 0 Å². The van der Waals surface area contributed by atoms with E-state index in [9.17, 15) is 5.11 Å². The average molecular weight is 299 g/mol. The Labute approximate surface area is 125 Å². The van der Waals surface area contributed by atoms with Gasteiger partial charge < -0.3 is 5.11 Å². The van der Waals surface area contributed by atoms with Crippen LogP contribution in [0.3, 0.4) is 0 Å². The van der Waals surface area contributed by atoms with E-state index in [1.165, 1.54) is 49.8 Å². The van der Waals surface area contributed by atoms with Crippen LogP contribution in [0.2, 0.25) is 4.34 Å². The SMILES string of the molecule is OC(Cc1ccc(Cl)s1)C1CCC2CCCCC2C1. The standard InChI is InChI=1S/C16H23ClOS/c17-16-8-7-14(19-16)10-15(18)13-6-5-11-3-1-2-4-12(11)9-13/h7-8,11-13,15,18H,1-6,9-10H2. The van der Waals surface area contributed by atoms with Gasteiger partial charge in [0, 0.05) is 11.3 Å². The predicted molar refractivity (Wildman–Crippen MR) is 81.8 cm³/mol. The summed E-state index contributed by atoms with van der Waals surface area (Å²) in [6.07, 6.45) is 10.1. The third-order valence-corrected chi connectivity index (χ3v) is 6.42. The Kier molecular flexibility index (Phi) is 4.51. The van der Waals surface area contributed by atoms with E-state index in [4.69, 9.17) is 11.6 Å². The Morgan fingerprint density at radius 1 is 1.16 bits per heavy atom. The van der Waals surface area contributed by atoms with Gasteiger partial charge >= 0.3 is 0 Å². The van der Waals surface area contributed by atoms with E-state index in [0.29, 0.717) is 5.92 Å². The molecule has 2 aliphatic rings. The first kappa shape index (κ1) is 13.9. The summed E-state index contributed by atoms with van der Waals surface area (Å²) in [5, 5.41) is 10.5. The minimum absolute atomic E-state index is 0.169. The molecule has 1 N–H and O–H groups in total. The Balaban J connectivity index is 1.56. The molecule has 19 heavy (non-hydrogen) atoms. The van der Waals surface area contributed by atoms with Crippen LogP contribution in [0.15, 0.2) is 12.1 Å². The van der Waals surface area contributed by atoms with Crippen LogP contribution >= 0.6 is 22.9 Å². The smallest absolute Gasteiger partial charge is 0.0931 e. The highest BCUT2D eigenvalue weighted by Gasteiger charge is 2.34. The molecule has 106 valence electrons. The average Bonchev–Trinajstić information content (AvgIpc) is 2.83. The van der Waals surface area contributed by atoms with Gasteiger partial charge in [-0.15, -0.1) is 11.3 Å². The van der Waals surface area contributed by atoms with Crippen molar-refractivity contribution in [2.24, 2.45) is 17.8 Å². The summed E-state index contributed by atoms with van der Waals surface area (Å²) >= 11 is 7.57. The monoisotopic (exact) mass is 298 g/mol. The maximum Gasteiger partial charge on any atom is 0.0931 e. The number of halogens is 1. The molecule has 1 heterocycles. The van der Waals surface area contributed by atoms with Crippen LogP contribution in [-0.4, -0.2) is 11.2 Å². The molecular formula is C16H23ClOS. The molecule has 0 amide bonds. The quantitative estimate of drug-likeness (QED) is 0.840. The number of hydrogen-bond donors (Lipinski definition) is 1. The summed E-state index contributed by atoms with van der Waals surface area (Å²) in [5.74, 6) is 2.38. The fourth-order valence-corrected chi connectivity index (χ4v) is 5.23. The van der Waals surface area contributed by atoms with E-state index in [1.54, 1.807) is 11.3 Å². The van der Waals surface area contributed by atoms with Crippen molar-refractivity contribution < 1.29 is 5.11 Å². The van der Waals surface area contributed by atoms with Crippen molar-refractivity contribution in [3.05, 3.63) is 21.3 Å². The molecule has 0 aromatic carbocycles. The normalized spacial score (nSPS) is 32.8. The van der Waals surface area contributed by atoms with E-state index in [1.807, 2.05) is 6.07 Å². The van der Waals surface area contributed by atoms with Crippen LogP contribution in [0.1, 0.15) is 49.8 Å². The maximum absolute atomic E-state index is 10.5. The summed E-state index contributed by atoms with van der Waals surface area (Å²) in [6.45, 7) is 0. The van der Waals surface area contributed by atoms with Gasteiger partial charge in [0.1, 0.15) is 0 Å². The van der Waals surface area contributed by atoms with Crippen LogP contribution in [0.25, 0.3) is 0 Å². The van der Waals surface area contributed by atoms with Crippen LogP contribution in [0.5, 0.6) is 0 Å². The van der Waals surface area contributed by atoms with Gasteiger partial charge in [-0.1, -0.05) is 37.3 Å². The first-order chi connectivity index (χ1) is 9.22. The molecular weight excluding hydrogens is 276 g/mol. The molecule has 1 nitrogen and oxygen atoms in total. The largest absolute Gasteiger partial charge is 0.392 e. The summed E-state index contributed by atoms with van der Waals surface area (Å²) in [4.78, 5) is 1.23. The lowest BCUT2D eigenvalue weighted by molar-refractivity contribution is 0.0365. The molecule has 4 unspecified atom stereocenters. The molecule has 3 rings (SSSR count). The molecule has 0 saturated heterocycles. The minimum atomic E-state index is -0.169. The second-order valence-corrected chi connectivity index (χ2v) is 8.15. The summed E-state index contributed by atoms with van der Waals surface area (Å²) in [5.41, 5.74) is 0. The summed E-state index contributed by atoms with van der Waals surface area (Å²) < 4.78 is 0.832. The van der Waals surface area contributed by atoms with Crippen molar-refractivity contribution in [3.8, 4) is 0 Å². The molecule has 0 aliphatic heterocycles. The topological polar surface area (TPSA) is 20.2 Å². The lowest BCUT2D eigenvalue weighted by Crippen LogP contribution is -2.34. The molecule has 2 fully saturated rings. The number of hydrogen-bond acceptors (Lipinski definition) is 2. The summed E-state index contributed by atoms with van der Waals surface area (Å²) in [7, 11) is 0. The van der Waals surface area contributed by atoms with Crippen molar-refractivity contribution >= 4 is 22.9 Å². The molecule has 4 atom stereocenters. The van der Waals surface area contributed by atoms with Gasteiger partial charge in [0.2, 0.25) is 0 Å². The Hall–Kier alpha value is -0.0500. The summed E-state index contributed by atoms with van der Waals surface area (Å²) in [6, 6.07) is 3.99. The fourth-order valence-electron chi connectivity index (χ4n) is 4.09. The number of fused-ring (bicyclic) bond motifs is 1. The van der Waals surface area contributed by atoms with Crippen molar-refractivity contribution in [2.75, 3.05) is 0 Å². The van der Waals surface area contributed by atoms with Crippen LogP contribution in [0.4, 0.5) is 0 Å². The van der Waals surface area contributed by atoms with Crippen LogP contribution in [-0.2, 0) is 6.42 Å². The van der Waals surface area contributed by atoms with Gasteiger partial charge in [-0.05, 0) is 49.1 Å². The van der Waals surface area contributed by atoms with E-state index in [-0.39, 0.29) is 6.10 Å². The zero-order valence-corrected chi connectivity index (χ0v) is 12.9. The first-order valence-electron chi connectivity index (χ1n) is 7.64. The zero-order valence-electron chi connectivity index (χ0n) is 11.4. The fraction of sp³-hybridized carbons (Fsp3) is 0.750. The van der Waals surface area contributed by atoms with E-state index < -0.39 is 0 Å². The Morgan fingerprint density at radius 3 is 2.68 bits per heavy atom. The van der Waals surface area contributed by atoms with Crippen LogP contribution in [0, 0.1) is 17.8 Å². The second kappa shape index (κ2) is 6.15. The van der Waals surface area contributed by atoms with E-state index >= 15 is 0 Å². The number of thiophene rings is 1. The van der Waals surface area contributed by atoms with E-state index in [0.717, 1.165) is 22.6 Å². The molecule has 2 aliphatic carbocycles. The van der Waals surface area contributed by atoms with Crippen LogP contribution < -0.4 is 0 Å². The predicted octanol–water partition coefficient (Wildman–Crippen LogP) is 4.91. The van der Waals surface area contributed by atoms with Crippen molar-refractivity contribution in [3.63, 3.8) is 0 Å². The van der Waals surface area contributed by atoms with Crippen molar-refractivity contribution in [2.45, 2.75) is 57.5 Å². The van der Waals surface area contributed by atoms with Gasteiger partial charge in [-0.3, -0.25) is 0 Å². The lowest BCUT2D eigenvalue weighted by atomic mass is 9.66. The number of aliphatic hydroxyl groups is 1. The van der Waals surface area contributed by atoms with Gasteiger partial charge in [-0.2, -0.15) is 0 Å². The molecule has 0 bridgehead atoms. The van der Waals surface area contributed by atoms with E-state index in [2.05, 4.69) is 6.07 Å². The molecule has 1 aromatic heterocycles. The lowest BCUT2D eigenvalue weighted by Gasteiger charge is -2.40. The maximum atomic E-state index is 10.5. The minimum Gasteiger partial charge on any atom is -0.392 e. The Morgan fingerprint density at radius 2 is 1.95 bits per heavy atom. The molecule has 3 heteroatoms.